The van der Waals surface area contributed by atoms with Gasteiger partial charge in [-0.15, -0.1) is 0 Å². The summed E-state index contributed by atoms with van der Waals surface area (Å²) in [5.74, 6) is 0.152. The molecular weight excluding hydrogens is 308 g/mol. The van der Waals surface area contributed by atoms with Gasteiger partial charge in [-0.05, 0) is 32.1 Å². The van der Waals surface area contributed by atoms with Gasteiger partial charge in [0.15, 0.2) is 11.6 Å². The second kappa shape index (κ2) is 6.11. The molecule has 2 aliphatic rings. The van der Waals surface area contributed by atoms with Gasteiger partial charge in [0.2, 0.25) is 0 Å². The van der Waals surface area contributed by atoms with E-state index < -0.39 is 0 Å². The van der Waals surface area contributed by atoms with Crippen molar-refractivity contribution in [1.82, 2.24) is 0 Å². The van der Waals surface area contributed by atoms with E-state index in [4.69, 9.17) is 0 Å². The molecule has 4 atom stereocenters. The van der Waals surface area contributed by atoms with Crippen LogP contribution in [0.4, 0.5) is 0 Å². The summed E-state index contributed by atoms with van der Waals surface area (Å²) in [5.41, 5.74) is 3.71. The van der Waals surface area contributed by atoms with E-state index in [1.807, 2.05) is 62.4 Å². The van der Waals surface area contributed by atoms with Crippen LogP contribution in [0.5, 0.6) is 0 Å². The first kappa shape index (κ1) is 16.0. The second-order valence-corrected chi connectivity index (χ2v) is 7.46. The van der Waals surface area contributed by atoms with Crippen molar-refractivity contribution in [1.29, 1.82) is 0 Å². The number of allylic oxidation sites excluding steroid dienone is 2. The minimum Gasteiger partial charge on any atom is -0.294 e. The van der Waals surface area contributed by atoms with Crippen LogP contribution in [0.15, 0.2) is 60.7 Å². The van der Waals surface area contributed by atoms with E-state index in [1.54, 1.807) is 0 Å². The number of Topliss-reactive ketones (excluding diaryl/α,β-unsaturated/α-hetero) is 2. The summed E-state index contributed by atoms with van der Waals surface area (Å²) in [7, 11) is 0. The zero-order valence-corrected chi connectivity index (χ0v) is 14.6. The highest BCUT2D eigenvalue weighted by Gasteiger charge is 2.51. The van der Waals surface area contributed by atoms with Crippen molar-refractivity contribution in [2.45, 2.75) is 20.3 Å². The fraction of sp³-hybridized carbons (Fsp3) is 0.304. The SMILES string of the molecule is Cc1ccc(C(=O)[C@@H]2[C@@H](C(=O)c3ccc(C)cc3)[C@H]3C=C[C@H]2C3)cc1. The van der Waals surface area contributed by atoms with E-state index in [2.05, 4.69) is 12.2 Å². The molecule has 0 spiro atoms. The second-order valence-electron chi connectivity index (χ2n) is 7.46. The Balaban J connectivity index is 1.67. The summed E-state index contributed by atoms with van der Waals surface area (Å²) < 4.78 is 0. The van der Waals surface area contributed by atoms with Gasteiger partial charge in [0.1, 0.15) is 0 Å². The van der Waals surface area contributed by atoms with E-state index in [0.717, 1.165) is 28.7 Å². The molecule has 2 aromatic carbocycles. The Morgan fingerprint density at radius 2 is 1.04 bits per heavy atom. The van der Waals surface area contributed by atoms with Gasteiger partial charge in [-0.3, -0.25) is 9.59 Å². The molecule has 2 heteroatoms. The Morgan fingerprint density at radius 1 is 0.680 bits per heavy atom. The Morgan fingerprint density at radius 3 is 1.40 bits per heavy atom. The van der Waals surface area contributed by atoms with Crippen molar-refractivity contribution in [2.24, 2.45) is 23.7 Å². The lowest BCUT2D eigenvalue weighted by Gasteiger charge is -2.26. The number of carbonyl (C=O) groups is 2. The van der Waals surface area contributed by atoms with Crippen molar-refractivity contribution in [3.05, 3.63) is 82.9 Å². The molecule has 0 heterocycles. The summed E-state index contributed by atoms with van der Waals surface area (Å²) in [6.45, 7) is 4.02. The topological polar surface area (TPSA) is 34.1 Å². The molecule has 0 unspecified atom stereocenters. The lowest BCUT2D eigenvalue weighted by molar-refractivity contribution is 0.0752. The number of aryl methyl sites for hydroxylation is 2. The minimum atomic E-state index is -0.230. The van der Waals surface area contributed by atoms with Crippen LogP contribution in [0.3, 0.4) is 0 Å². The maximum absolute atomic E-state index is 13.2. The summed E-state index contributed by atoms with van der Waals surface area (Å²) in [6, 6.07) is 15.4. The van der Waals surface area contributed by atoms with E-state index in [9.17, 15) is 9.59 Å². The summed E-state index contributed by atoms with van der Waals surface area (Å²) in [6.07, 6.45) is 5.20. The third-order valence-corrected chi connectivity index (χ3v) is 5.74. The Hall–Kier alpha value is -2.48. The first-order valence-corrected chi connectivity index (χ1v) is 8.94. The minimum absolute atomic E-state index is 0.113. The molecule has 126 valence electrons. The van der Waals surface area contributed by atoms with Gasteiger partial charge in [0, 0.05) is 23.0 Å². The van der Waals surface area contributed by atoms with Crippen LogP contribution in [0.25, 0.3) is 0 Å². The summed E-state index contributed by atoms with van der Waals surface area (Å²) >= 11 is 0. The Bertz CT molecular complexity index is 771. The van der Waals surface area contributed by atoms with Crippen LogP contribution in [-0.2, 0) is 0 Å². The number of fused-ring (bicyclic) bond motifs is 2. The fourth-order valence-electron chi connectivity index (χ4n) is 4.36. The third kappa shape index (κ3) is 2.76. The Kier molecular flexibility index (Phi) is 3.91. The normalized spacial score (nSPS) is 26.8. The molecule has 2 bridgehead atoms. The number of benzene rings is 2. The van der Waals surface area contributed by atoms with Gasteiger partial charge in [0.25, 0.3) is 0 Å². The molecule has 0 N–H and O–H groups in total. The van der Waals surface area contributed by atoms with Gasteiger partial charge in [-0.1, -0.05) is 71.8 Å². The maximum atomic E-state index is 13.2. The molecule has 0 saturated heterocycles. The van der Waals surface area contributed by atoms with Crippen LogP contribution in [0, 0.1) is 37.5 Å². The van der Waals surface area contributed by atoms with E-state index >= 15 is 0 Å². The third-order valence-electron chi connectivity index (χ3n) is 5.74. The van der Waals surface area contributed by atoms with Gasteiger partial charge < -0.3 is 0 Å². The molecular formula is C23H22O2. The Labute approximate surface area is 148 Å². The first-order valence-electron chi connectivity index (χ1n) is 8.94. The largest absolute Gasteiger partial charge is 0.294 e. The summed E-state index contributed by atoms with van der Waals surface area (Å²) in [4.78, 5) is 26.3. The number of ketones is 2. The average Bonchev–Trinajstić information content (AvgIpc) is 3.23. The smallest absolute Gasteiger partial charge is 0.167 e. The molecule has 0 amide bonds. The number of carbonyl (C=O) groups excluding carboxylic acids is 2. The van der Waals surface area contributed by atoms with Gasteiger partial charge in [-0.25, -0.2) is 0 Å². The highest BCUT2D eigenvalue weighted by atomic mass is 16.1. The lowest BCUT2D eigenvalue weighted by atomic mass is 9.75. The standard InChI is InChI=1S/C23H22O2/c1-14-3-7-16(8-4-14)22(24)20-18-11-12-19(13-18)21(20)23(25)17-9-5-15(2)6-10-17/h3-12,18-21H,13H2,1-2H3/t18-,19-,20-,21-/m0/s1. The van der Waals surface area contributed by atoms with Gasteiger partial charge in [-0.2, -0.15) is 0 Å². The van der Waals surface area contributed by atoms with E-state index in [1.165, 1.54) is 0 Å². The quantitative estimate of drug-likeness (QED) is 0.595. The zero-order chi connectivity index (χ0) is 17.6. The highest BCUT2D eigenvalue weighted by molar-refractivity contribution is 6.06. The monoisotopic (exact) mass is 330 g/mol. The fourth-order valence-corrected chi connectivity index (χ4v) is 4.36. The average molecular weight is 330 g/mol. The lowest BCUT2D eigenvalue weighted by Crippen LogP contribution is -2.33. The number of hydrogen-bond acceptors (Lipinski definition) is 2. The summed E-state index contributed by atoms with van der Waals surface area (Å²) in [5, 5.41) is 0. The van der Waals surface area contributed by atoms with Crippen LogP contribution in [-0.4, -0.2) is 11.6 Å². The van der Waals surface area contributed by atoms with Crippen molar-refractivity contribution in [3.63, 3.8) is 0 Å². The van der Waals surface area contributed by atoms with Crippen molar-refractivity contribution < 1.29 is 9.59 Å². The molecule has 1 saturated carbocycles. The number of rotatable bonds is 4. The predicted molar refractivity (Wildman–Crippen MR) is 98.7 cm³/mol. The molecule has 2 aromatic rings. The first-order chi connectivity index (χ1) is 12.0. The van der Waals surface area contributed by atoms with Crippen molar-refractivity contribution >= 4 is 11.6 Å². The molecule has 2 aliphatic carbocycles. The molecule has 0 aromatic heterocycles. The van der Waals surface area contributed by atoms with Crippen LogP contribution >= 0.6 is 0 Å². The van der Waals surface area contributed by atoms with Crippen LogP contribution < -0.4 is 0 Å². The molecule has 0 radical (unpaired) electrons. The van der Waals surface area contributed by atoms with E-state index in [-0.39, 0.29) is 35.2 Å². The number of hydrogen-bond donors (Lipinski definition) is 0. The maximum Gasteiger partial charge on any atom is 0.167 e. The van der Waals surface area contributed by atoms with Crippen LogP contribution in [0.1, 0.15) is 38.3 Å². The van der Waals surface area contributed by atoms with Gasteiger partial charge >= 0.3 is 0 Å². The van der Waals surface area contributed by atoms with Gasteiger partial charge in [0.05, 0.1) is 0 Å². The van der Waals surface area contributed by atoms with Crippen molar-refractivity contribution in [3.8, 4) is 0 Å². The van der Waals surface area contributed by atoms with Crippen LogP contribution in [0.2, 0.25) is 0 Å². The zero-order valence-electron chi connectivity index (χ0n) is 14.6. The molecule has 4 rings (SSSR count). The van der Waals surface area contributed by atoms with Crippen molar-refractivity contribution in [2.75, 3.05) is 0 Å². The highest BCUT2D eigenvalue weighted by Crippen LogP contribution is 2.50. The van der Waals surface area contributed by atoms with E-state index in [0.29, 0.717) is 0 Å². The molecule has 2 nitrogen and oxygen atoms in total. The molecule has 1 fully saturated rings. The molecule has 0 aliphatic heterocycles. The predicted octanol–water partition coefficient (Wildman–Crippen LogP) is 4.81. The molecule has 25 heavy (non-hydrogen) atoms.